The molecule has 1 amide bonds. The molecule has 2 heterocycles. The molecule has 2 N–H and O–H groups in total. The highest BCUT2D eigenvalue weighted by Gasteiger charge is 2.43. The largest absolute Gasteiger partial charge is 0.339 e. The number of nitrogens with one attached hydrogen (secondary N) is 2. The van der Waals surface area contributed by atoms with Crippen LogP contribution in [-0.2, 0) is 5.54 Å². The van der Waals surface area contributed by atoms with Crippen LogP contribution >= 0.6 is 11.3 Å². The molecular formula is C11H11N5O3S. The van der Waals surface area contributed by atoms with Crippen molar-refractivity contribution in [2.75, 3.05) is 0 Å². The number of hydrogen-bond acceptors (Lipinski definition) is 6. The maximum atomic E-state index is 12.2. The van der Waals surface area contributed by atoms with Gasteiger partial charge in [-0.2, -0.15) is 5.10 Å². The van der Waals surface area contributed by atoms with Crippen LogP contribution in [0.4, 0.5) is 5.00 Å². The van der Waals surface area contributed by atoms with E-state index < -0.39 is 10.5 Å². The summed E-state index contributed by atoms with van der Waals surface area (Å²) in [5, 5.41) is 21.6. The van der Waals surface area contributed by atoms with Gasteiger partial charge in [-0.25, -0.2) is 4.98 Å². The van der Waals surface area contributed by atoms with E-state index in [0.717, 1.165) is 30.6 Å². The first kappa shape index (κ1) is 12.7. The summed E-state index contributed by atoms with van der Waals surface area (Å²) in [5.74, 6) is 0.298. The smallest absolute Gasteiger partial charge is 0.324 e. The number of carbonyl (C=O) groups excluding carboxylic acids is 1. The summed E-state index contributed by atoms with van der Waals surface area (Å²) in [7, 11) is 0. The second-order valence-electron chi connectivity index (χ2n) is 4.65. The van der Waals surface area contributed by atoms with Crippen LogP contribution in [0, 0.1) is 10.1 Å². The van der Waals surface area contributed by atoms with Gasteiger partial charge >= 0.3 is 5.00 Å². The normalized spacial score (nSPS) is 16.4. The van der Waals surface area contributed by atoms with Crippen molar-refractivity contribution in [1.82, 2.24) is 20.5 Å². The van der Waals surface area contributed by atoms with Crippen molar-refractivity contribution in [2.45, 2.75) is 24.8 Å². The van der Waals surface area contributed by atoms with Crippen molar-refractivity contribution >= 4 is 22.2 Å². The molecule has 1 aliphatic carbocycles. The Labute approximate surface area is 117 Å². The number of hydrogen-bond donors (Lipinski definition) is 2. The first-order valence-electron chi connectivity index (χ1n) is 6.02. The lowest BCUT2D eigenvalue weighted by Crippen LogP contribution is -2.51. The highest BCUT2D eigenvalue weighted by Crippen LogP contribution is 2.39. The number of aromatic nitrogens is 3. The molecule has 0 saturated heterocycles. The summed E-state index contributed by atoms with van der Waals surface area (Å²) in [6.07, 6.45) is 3.95. The summed E-state index contributed by atoms with van der Waals surface area (Å²) in [6.45, 7) is 0. The molecule has 0 aromatic carbocycles. The molecule has 0 aliphatic heterocycles. The SMILES string of the molecule is O=C(NC1(c2ncn[nH]2)CCC1)c1csc([N+](=O)[O-])c1. The van der Waals surface area contributed by atoms with Crippen LogP contribution in [0.3, 0.4) is 0 Å². The lowest BCUT2D eigenvalue weighted by molar-refractivity contribution is -0.380. The number of nitro groups is 1. The van der Waals surface area contributed by atoms with Crippen LogP contribution in [-0.4, -0.2) is 26.0 Å². The van der Waals surface area contributed by atoms with E-state index >= 15 is 0 Å². The topological polar surface area (TPSA) is 114 Å². The highest BCUT2D eigenvalue weighted by atomic mass is 32.1. The first-order valence-corrected chi connectivity index (χ1v) is 6.90. The van der Waals surface area contributed by atoms with Crippen LogP contribution in [0.5, 0.6) is 0 Å². The van der Waals surface area contributed by atoms with E-state index in [0.29, 0.717) is 11.4 Å². The van der Waals surface area contributed by atoms with Gasteiger partial charge in [0.25, 0.3) is 5.91 Å². The minimum atomic E-state index is -0.524. The number of carbonyl (C=O) groups is 1. The fourth-order valence-corrected chi connectivity index (χ4v) is 2.92. The van der Waals surface area contributed by atoms with Gasteiger partial charge in [0.15, 0.2) is 0 Å². The lowest BCUT2D eigenvalue weighted by Gasteiger charge is -2.40. The molecule has 1 saturated carbocycles. The van der Waals surface area contributed by atoms with Gasteiger partial charge in [0, 0.05) is 11.4 Å². The lowest BCUT2D eigenvalue weighted by atomic mass is 9.76. The van der Waals surface area contributed by atoms with Gasteiger partial charge in [-0.05, 0) is 19.3 Å². The average molecular weight is 293 g/mol. The van der Waals surface area contributed by atoms with E-state index in [1.54, 1.807) is 0 Å². The molecule has 0 bridgehead atoms. The summed E-state index contributed by atoms with van der Waals surface area (Å²) in [4.78, 5) is 26.4. The monoisotopic (exact) mass is 293 g/mol. The van der Waals surface area contributed by atoms with E-state index in [1.807, 2.05) is 0 Å². The van der Waals surface area contributed by atoms with Crippen LogP contribution in [0.1, 0.15) is 35.4 Å². The van der Waals surface area contributed by atoms with Gasteiger partial charge in [0.05, 0.1) is 16.0 Å². The number of thiophene rings is 1. The number of amides is 1. The molecule has 104 valence electrons. The van der Waals surface area contributed by atoms with Gasteiger partial charge in [-0.15, -0.1) is 0 Å². The molecule has 8 nitrogen and oxygen atoms in total. The highest BCUT2D eigenvalue weighted by molar-refractivity contribution is 7.13. The predicted octanol–water partition coefficient (Wildman–Crippen LogP) is 1.58. The Kier molecular flexibility index (Phi) is 2.97. The quantitative estimate of drug-likeness (QED) is 0.656. The average Bonchev–Trinajstić information content (AvgIpc) is 3.03. The standard InChI is InChI=1S/C11H11N5O3S/c17-9(7-4-8(16(18)19)20-5-7)14-11(2-1-3-11)10-12-6-13-15-10/h4-6H,1-3H2,(H,14,17)(H,12,13,15). The molecule has 9 heteroatoms. The summed E-state index contributed by atoms with van der Waals surface area (Å²) in [5.41, 5.74) is -0.225. The molecular weight excluding hydrogens is 282 g/mol. The molecule has 1 aliphatic rings. The molecule has 20 heavy (non-hydrogen) atoms. The van der Waals surface area contributed by atoms with Crippen molar-refractivity contribution in [2.24, 2.45) is 0 Å². The van der Waals surface area contributed by atoms with Gasteiger partial charge in [0.1, 0.15) is 12.2 Å². The van der Waals surface area contributed by atoms with Crippen molar-refractivity contribution in [3.8, 4) is 0 Å². The molecule has 3 rings (SSSR count). The minimum absolute atomic E-state index is 0.0440. The Hall–Kier alpha value is -2.29. The molecule has 0 atom stereocenters. The summed E-state index contributed by atoms with van der Waals surface area (Å²) >= 11 is 0.939. The van der Waals surface area contributed by atoms with Gasteiger partial charge in [-0.1, -0.05) is 11.3 Å². The predicted molar refractivity (Wildman–Crippen MR) is 70.4 cm³/mol. The van der Waals surface area contributed by atoms with E-state index in [2.05, 4.69) is 20.5 Å². The van der Waals surface area contributed by atoms with Crippen molar-refractivity contribution in [3.05, 3.63) is 39.3 Å². The fraction of sp³-hybridized carbons (Fsp3) is 0.364. The molecule has 2 aromatic heterocycles. The molecule has 0 spiro atoms. The minimum Gasteiger partial charge on any atom is -0.339 e. The van der Waals surface area contributed by atoms with E-state index in [4.69, 9.17) is 0 Å². The third-order valence-electron chi connectivity index (χ3n) is 3.46. The van der Waals surface area contributed by atoms with E-state index in [-0.39, 0.29) is 10.9 Å². The van der Waals surface area contributed by atoms with Crippen molar-refractivity contribution in [1.29, 1.82) is 0 Å². The maximum absolute atomic E-state index is 12.2. The van der Waals surface area contributed by atoms with Crippen LogP contribution in [0.2, 0.25) is 0 Å². The van der Waals surface area contributed by atoms with E-state index in [1.165, 1.54) is 17.8 Å². The number of H-pyrrole nitrogens is 1. The summed E-state index contributed by atoms with van der Waals surface area (Å²) < 4.78 is 0. The van der Waals surface area contributed by atoms with Gasteiger partial charge in [-0.3, -0.25) is 20.0 Å². The Bertz CT molecular complexity index is 647. The molecule has 1 fully saturated rings. The second kappa shape index (κ2) is 4.67. The number of aromatic amines is 1. The Morgan fingerprint density at radius 1 is 1.55 bits per heavy atom. The Balaban J connectivity index is 1.79. The van der Waals surface area contributed by atoms with Crippen molar-refractivity contribution < 1.29 is 9.72 Å². The molecule has 2 aromatic rings. The third kappa shape index (κ3) is 2.05. The number of nitrogens with zero attached hydrogens (tertiary/aromatic N) is 3. The number of rotatable bonds is 4. The van der Waals surface area contributed by atoms with Crippen LogP contribution in [0.15, 0.2) is 17.8 Å². The third-order valence-corrected chi connectivity index (χ3v) is 4.34. The zero-order valence-corrected chi connectivity index (χ0v) is 11.1. The van der Waals surface area contributed by atoms with Crippen molar-refractivity contribution in [3.63, 3.8) is 0 Å². The fourth-order valence-electron chi connectivity index (χ4n) is 2.22. The van der Waals surface area contributed by atoms with E-state index in [9.17, 15) is 14.9 Å². The van der Waals surface area contributed by atoms with Gasteiger partial charge < -0.3 is 5.32 Å². The second-order valence-corrected chi connectivity index (χ2v) is 5.54. The zero-order valence-electron chi connectivity index (χ0n) is 10.3. The maximum Gasteiger partial charge on any atom is 0.324 e. The first-order chi connectivity index (χ1) is 9.61. The zero-order chi connectivity index (χ0) is 14.2. The van der Waals surface area contributed by atoms with Gasteiger partial charge in [0.2, 0.25) is 0 Å². The summed E-state index contributed by atoms with van der Waals surface area (Å²) in [6, 6.07) is 1.28. The van der Waals surface area contributed by atoms with Crippen LogP contribution in [0.25, 0.3) is 0 Å². The molecule has 0 unspecified atom stereocenters. The Morgan fingerprint density at radius 3 is 2.85 bits per heavy atom. The Morgan fingerprint density at radius 2 is 2.35 bits per heavy atom. The molecule has 0 radical (unpaired) electrons. The van der Waals surface area contributed by atoms with Crippen LogP contribution < -0.4 is 5.32 Å².